The molecule has 0 aromatic heterocycles. The Bertz CT molecular complexity index is 804. The Morgan fingerprint density at radius 3 is 1.67 bits per heavy atom. The van der Waals surface area contributed by atoms with Crippen molar-refractivity contribution in [1.82, 2.24) is 0 Å². The third kappa shape index (κ3) is 22.2. The number of esters is 2. The summed E-state index contributed by atoms with van der Waals surface area (Å²) in [4.78, 5) is 25.1. The van der Waals surface area contributed by atoms with Crippen LogP contribution in [0.2, 0.25) is 0 Å². The predicted octanol–water partition coefficient (Wildman–Crippen LogP) is 6.83. The number of unbranched alkanes of at least 4 members (excludes halogenated alkanes) is 18. The normalized spacial score (nSPS) is 21.8. The van der Waals surface area contributed by atoms with E-state index in [0.29, 0.717) is 6.42 Å². The predicted molar refractivity (Wildman–Crippen MR) is 187 cm³/mol. The second-order valence-electron chi connectivity index (χ2n) is 13.4. The van der Waals surface area contributed by atoms with Crippen molar-refractivity contribution >= 4 is 11.9 Å². The molecule has 1 fully saturated rings. The van der Waals surface area contributed by atoms with Crippen LogP contribution < -0.4 is 0 Å². The smallest absolute Gasteiger partial charge is 0.306 e. The molecule has 0 spiro atoms. The van der Waals surface area contributed by atoms with Crippen molar-refractivity contribution in [2.75, 3.05) is 19.8 Å². The van der Waals surface area contributed by atoms with E-state index in [0.717, 1.165) is 64.2 Å². The molecule has 4 N–H and O–H groups in total. The molecular formula is C38H70O10. The Labute approximate surface area is 291 Å². The number of rotatable bonds is 31. The molecular weight excluding hydrogens is 616 g/mol. The molecule has 0 radical (unpaired) electrons. The fraction of sp³-hybridized carbons (Fsp3) is 0.895. The summed E-state index contributed by atoms with van der Waals surface area (Å²) >= 11 is 0. The summed E-state index contributed by atoms with van der Waals surface area (Å²) in [5, 5.41) is 39.9. The number of hydrogen-bond acceptors (Lipinski definition) is 10. The summed E-state index contributed by atoms with van der Waals surface area (Å²) in [5.41, 5.74) is 0. The van der Waals surface area contributed by atoms with Gasteiger partial charge in [-0.2, -0.15) is 0 Å². The molecule has 0 amide bonds. The van der Waals surface area contributed by atoms with Crippen LogP contribution in [0.15, 0.2) is 12.2 Å². The summed E-state index contributed by atoms with van der Waals surface area (Å²) in [6.07, 6.45) is 20.8. The van der Waals surface area contributed by atoms with Crippen molar-refractivity contribution < 1.29 is 49.0 Å². The molecule has 1 heterocycles. The van der Waals surface area contributed by atoms with Gasteiger partial charge in [-0.15, -0.1) is 0 Å². The molecule has 10 heteroatoms. The molecule has 1 aliphatic rings. The minimum atomic E-state index is -1.59. The number of hydrogen-bond donors (Lipinski definition) is 4. The van der Waals surface area contributed by atoms with E-state index >= 15 is 0 Å². The van der Waals surface area contributed by atoms with Crippen LogP contribution in [-0.2, 0) is 28.5 Å². The zero-order valence-electron chi connectivity index (χ0n) is 30.2. The van der Waals surface area contributed by atoms with Gasteiger partial charge in [0, 0.05) is 12.8 Å². The lowest BCUT2D eigenvalue weighted by atomic mass is 9.99. The molecule has 2 unspecified atom stereocenters. The van der Waals surface area contributed by atoms with Gasteiger partial charge in [0.1, 0.15) is 31.0 Å². The number of allylic oxidation sites excluding steroid dienone is 2. The number of carbonyl (C=O) groups is 2. The molecule has 0 bridgehead atoms. The van der Waals surface area contributed by atoms with E-state index < -0.39 is 49.4 Å². The van der Waals surface area contributed by atoms with Gasteiger partial charge in [0.25, 0.3) is 0 Å². The highest BCUT2D eigenvalue weighted by molar-refractivity contribution is 5.70. The maximum absolute atomic E-state index is 12.7. The van der Waals surface area contributed by atoms with Gasteiger partial charge in [-0.1, -0.05) is 122 Å². The van der Waals surface area contributed by atoms with Crippen LogP contribution in [0.5, 0.6) is 0 Å². The lowest BCUT2D eigenvalue weighted by Gasteiger charge is -2.39. The largest absolute Gasteiger partial charge is 0.462 e. The SMILES string of the molecule is CCCCC/C=C/CCCCCCCC(=O)OC[C@@H](CO[C@H]1O[C@@H](CO)[C@@H](O)C(O)C1O)OC(=O)CCCCCCCCCCCCC. The van der Waals surface area contributed by atoms with Crippen LogP contribution >= 0.6 is 0 Å². The van der Waals surface area contributed by atoms with Gasteiger partial charge < -0.3 is 39.4 Å². The van der Waals surface area contributed by atoms with E-state index in [1.54, 1.807) is 0 Å². The Morgan fingerprint density at radius 2 is 1.10 bits per heavy atom. The molecule has 1 rings (SSSR count). The molecule has 1 saturated heterocycles. The first-order valence-corrected chi connectivity index (χ1v) is 19.3. The maximum Gasteiger partial charge on any atom is 0.306 e. The fourth-order valence-electron chi connectivity index (χ4n) is 5.77. The fourth-order valence-corrected chi connectivity index (χ4v) is 5.77. The van der Waals surface area contributed by atoms with Gasteiger partial charge in [-0.25, -0.2) is 0 Å². The standard InChI is InChI=1S/C38H70O10/c1-3-5-7-9-11-13-15-17-18-20-22-24-26-33(40)45-29-31(30-46-38-37(44)36(43)35(42)32(28-39)48-38)47-34(41)27-25-23-21-19-16-14-12-10-8-6-4-2/h11,13,31-32,35-39,42-44H,3-10,12,14-30H2,1-2H3/b13-11+/t31-,32-,35+,36?,37?,38-/m0/s1. The zero-order valence-corrected chi connectivity index (χ0v) is 30.2. The Kier molecular flexibility index (Phi) is 28.0. The Hall–Kier alpha value is -1.56. The number of aliphatic hydroxyl groups is 4. The zero-order chi connectivity index (χ0) is 35.2. The third-order valence-corrected chi connectivity index (χ3v) is 8.90. The van der Waals surface area contributed by atoms with Crippen LogP contribution in [-0.4, -0.2) is 89.0 Å². The maximum atomic E-state index is 12.7. The highest BCUT2D eigenvalue weighted by atomic mass is 16.7. The van der Waals surface area contributed by atoms with E-state index in [1.165, 1.54) is 64.2 Å². The molecule has 0 aromatic carbocycles. The molecule has 0 saturated carbocycles. The summed E-state index contributed by atoms with van der Waals surface area (Å²) in [6.45, 7) is 3.36. The van der Waals surface area contributed by atoms with Crippen LogP contribution in [0.4, 0.5) is 0 Å². The lowest BCUT2D eigenvalue weighted by Crippen LogP contribution is -2.59. The Balaban J connectivity index is 2.41. The molecule has 6 atom stereocenters. The van der Waals surface area contributed by atoms with Crippen molar-refractivity contribution in [2.24, 2.45) is 0 Å². The molecule has 48 heavy (non-hydrogen) atoms. The summed E-state index contributed by atoms with van der Waals surface area (Å²) < 4.78 is 22.0. The molecule has 10 nitrogen and oxygen atoms in total. The number of carbonyl (C=O) groups excluding carboxylic acids is 2. The molecule has 0 aromatic rings. The average molecular weight is 687 g/mol. The molecule has 282 valence electrons. The average Bonchev–Trinajstić information content (AvgIpc) is 3.08. The summed E-state index contributed by atoms with van der Waals surface area (Å²) in [7, 11) is 0. The van der Waals surface area contributed by atoms with Gasteiger partial charge in [0.2, 0.25) is 0 Å². The first kappa shape index (κ1) is 44.5. The van der Waals surface area contributed by atoms with Gasteiger partial charge in [0.15, 0.2) is 12.4 Å². The van der Waals surface area contributed by atoms with Crippen molar-refractivity contribution in [2.45, 2.75) is 198 Å². The van der Waals surface area contributed by atoms with Crippen LogP contribution in [0, 0.1) is 0 Å². The number of ether oxygens (including phenoxy) is 4. The van der Waals surface area contributed by atoms with E-state index in [4.69, 9.17) is 18.9 Å². The minimum Gasteiger partial charge on any atom is -0.462 e. The second-order valence-corrected chi connectivity index (χ2v) is 13.4. The van der Waals surface area contributed by atoms with Crippen LogP contribution in [0.25, 0.3) is 0 Å². The first-order chi connectivity index (χ1) is 23.3. The van der Waals surface area contributed by atoms with E-state index in [1.807, 2.05) is 0 Å². The van der Waals surface area contributed by atoms with Gasteiger partial charge >= 0.3 is 11.9 Å². The Morgan fingerprint density at radius 1 is 0.625 bits per heavy atom. The van der Waals surface area contributed by atoms with Crippen molar-refractivity contribution in [3.8, 4) is 0 Å². The van der Waals surface area contributed by atoms with Crippen molar-refractivity contribution in [3.63, 3.8) is 0 Å². The first-order valence-electron chi connectivity index (χ1n) is 19.3. The van der Waals surface area contributed by atoms with E-state index in [2.05, 4.69) is 26.0 Å². The lowest BCUT2D eigenvalue weighted by molar-refractivity contribution is -0.305. The second kappa shape index (κ2) is 30.3. The van der Waals surface area contributed by atoms with Gasteiger partial charge in [-0.05, 0) is 38.5 Å². The van der Waals surface area contributed by atoms with Crippen LogP contribution in [0.3, 0.4) is 0 Å². The summed E-state index contributed by atoms with van der Waals surface area (Å²) in [6, 6.07) is 0. The monoisotopic (exact) mass is 686 g/mol. The highest BCUT2D eigenvalue weighted by Crippen LogP contribution is 2.22. The van der Waals surface area contributed by atoms with Crippen molar-refractivity contribution in [3.05, 3.63) is 12.2 Å². The third-order valence-electron chi connectivity index (χ3n) is 8.90. The van der Waals surface area contributed by atoms with Gasteiger partial charge in [0.05, 0.1) is 13.2 Å². The molecule has 0 aliphatic carbocycles. The highest BCUT2D eigenvalue weighted by Gasteiger charge is 2.44. The van der Waals surface area contributed by atoms with Crippen LogP contribution in [0.1, 0.15) is 162 Å². The number of aliphatic hydroxyl groups excluding tert-OH is 4. The molecule has 1 aliphatic heterocycles. The summed E-state index contributed by atoms with van der Waals surface area (Å²) in [5.74, 6) is -0.815. The topological polar surface area (TPSA) is 152 Å². The minimum absolute atomic E-state index is 0.217. The van der Waals surface area contributed by atoms with E-state index in [9.17, 15) is 30.0 Å². The van der Waals surface area contributed by atoms with E-state index in [-0.39, 0.29) is 32.0 Å². The quantitative estimate of drug-likeness (QED) is 0.0347. The van der Waals surface area contributed by atoms with Gasteiger partial charge in [-0.3, -0.25) is 9.59 Å². The van der Waals surface area contributed by atoms with Crippen molar-refractivity contribution in [1.29, 1.82) is 0 Å².